The fraction of sp³-hybridized carbons (Fsp3) is 0.600. The minimum atomic E-state index is -3.94. The highest BCUT2D eigenvalue weighted by molar-refractivity contribution is 9.10. The normalized spacial score (nSPS) is 18.7. The van der Waals surface area contributed by atoms with Gasteiger partial charge in [-0.25, -0.2) is 22.0 Å². The van der Waals surface area contributed by atoms with Gasteiger partial charge >= 0.3 is 0 Å². The van der Waals surface area contributed by atoms with Crippen molar-refractivity contribution in [1.82, 2.24) is 9.21 Å². The fourth-order valence-electron chi connectivity index (χ4n) is 2.10. The monoisotopic (exact) mass is 433 g/mol. The van der Waals surface area contributed by atoms with E-state index in [0.717, 1.165) is 0 Å². The first-order valence-corrected chi connectivity index (χ1v) is 10.9. The molecule has 0 unspecified atom stereocenters. The summed E-state index contributed by atoms with van der Waals surface area (Å²) in [6, 6.07) is 1.20. The Morgan fingerprint density at radius 2 is 1.82 bits per heavy atom. The molecule has 126 valence electrons. The summed E-state index contributed by atoms with van der Waals surface area (Å²) >= 11 is 3.72. The molecule has 0 aromatic carbocycles. The molecule has 0 spiro atoms. The third-order valence-electron chi connectivity index (χ3n) is 3.23. The summed E-state index contributed by atoms with van der Waals surface area (Å²) in [4.78, 5) is 1.96. The van der Waals surface area contributed by atoms with Crippen LogP contribution in [-0.2, 0) is 20.0 Å². The maximum atomic E-state index is 12.6. The van der Waals surface area contributed by atoms with Crippen molar-refractivity contribution in [3.05, 3.63) is 10.5 Å². The molecule has 1 aromatic rings. The molecule has 1 saturated heterocycles. The molecule has 1 aliphatic heterocycles. The minimum Gasteiger partial charge on any atom is -0.395 e. The third kappa shape index (κ3) is 3.87. The molecule has 0 radical (unpaired) electrons. The van der Waals surface area contributed by atoms with Crippen LogP contribution in [0.25, 0.3) is 0 Å². The van der Waals surface area contributed by atoms with Crippen molar-refractivity contribution in [3.63, 3.8) is 0 Å². The number of hydrogen-bond donors (Lipinski definition) is 2. The van der Waals surface area contributed by atoms with E-state index >= 15 is 0 Å². The zero-order valence-corrected chi connectivity index (χ0v) is 15.5. The first-order valence-electron chi connectivity index (χ1n) is 6.32. The van der Waals surface area contributed by atoms with Crippen LogP contribution in [0.3, 0.4) is 0 Å². The average Bonchev–Trinajstić information content (AvgIpc) is 2.82. The van der Waals surface area contributed by atoms with Gasteiger partial charge in [0.1, 0.15) is 4.21 Å². The van der Waals surface area contributed by atoms with Crippen molar-refractivity contribution in [3.8, 4) is 0 Å². The summed E-state index contributed by atoms with van der Waals surface area (Å²) in [5.74, 6) is 0. The summed E-state index contributed by atoms with van der Waals surface area (Å²) in [5.41, 5.74) is 0. The van der Waals surface area contributed by atoms with Crippen LogP contribution in [0.4, 0.5) is 0 Å². The molecule has 1 aromatic heterocycles. The van der Waals surface area contributed by atoms with Crippen LogP contribution in [0.2, 0.25) is 0 Å². The highest BCUT2D eigenvalue weighted by Gasteiger charge is 2.32. The van der Waals surface area contributed by atoms with Crippen LogP contribution >= 0.6 is 27.3 Å². The van der Waals surface area contributed by atoms with Gasteiger partial charge in [0.15, 0.2) is 4.21 Å². The Hall–Kier alpha value is -0.0800. The topological polar surface area (TPSA) is 121 Å². The number of hydrogen-bond acceptors (Lipinski definition) is 7. The molecular weight excluding hydrogens is 418 g/mol. The maximum Gasteiger partial charge on any atom is 0.253 e. The predicted molar refractivity (Wildman–Crippen MR) is 85.7 cm³/mol. The molecular formula is C10H16BrN3O5S3. The lowest BCUT2D eigenvalue weighted by Crippen LogP contribution is -2.49. The molecule has 2 rings (SSSR count). The highest BCUT2D eigenvalue weighted by atomic mass is 79.9. The fourth-order valence-corrected chi connectivity index (χ4v) is 7.35. The summed E-state index contributed by atoms with van der Waals surface area (Å²) in [5, 5.41) is 13.9. The molecule has 1 fully saturated rings. The Morgan fingerprint density at radius 3 is 2.27 bits per heavy atom. The van der Waals surface area contributed by atoms with Gasteiger partial charge in [0.25, 0.3) is 10.0 Å². The number of piperazine rings is 1. The lowest BCUT2D eigenvalue weighted by molar-refractivity contribution is 0.151. The van der Waals surface area contributed by atoms with Gasteiger partial charge < -0.3 is 5.11 Å². The molecule has 12 heteroatoms. The molecule has 0 aliphatic carbocycles. The lowest BCUT2D eigenvalue weighted by atomic mass is 10.4. The van der Waals surface area contributed by atoms with E-state index in [1.165, 1.54) is 10.4 Å². The van der Waals surface area contributed by atoms with Gasteiger partial charge in [-0.1, -0.05) is 0 Å². The second-order valence-electron chi connectivity index (χ2n) is 4.72. The average molecular weight is 434 g/mol. The number of nitrogens with zero attached hydrogens (tertiary/aromatic N) is 2. The Kier molecular flexibility index (Phi) is 5.65. The van der Waals surface area contributed by atoms with Crippen molar-refractivity contribution in [2.24, 2.45) is 5.14 Å². The number of thiophene rings is 1. The molecule has 1 aliphatic rings. The van der Waals surface area contributed by atoms with Gasteiger partial charge in [-0.3, -0.25) is 4.90 Å². The molecule has 2 heterocycles. The second-order valence-corrected chi connectivity index (χ2v) is 10.5. The van der Waals surface area contributed by atoms with E-state index in [1.54, 1.807) is 0 Å². The minimum absolute atomic E-state index is 0.0287. The second kappa shape index (κ2) is 6.81. The van der Waals surface area contributed by atoms with E-state index in [4.69, 9.17) is 10.2 Å². The van der Waals surface area contributed by atoms with Gasteiger partial charge in [0.05, 0.1) is 6.61 Å². The number of aliphatic hydroxyl groups is 1. The molecule has 0 atom stereocenters. The number of sulfonamides is 2. The maximum absolute atomic E-state index is 12.6. The predicted octanol–water partition coefficient (Wildman–Crippen LogP) is -0.543. The highest BCUT2D eigenvalue weighted by Crippen LogP contribution is 2.35. The van der Waals surface area contributed by atoms with Crippen LogP contribution < -0.4 is 5.14 Å². The number of halogens is 1. The third-order valence-corrected chi connectivity index (χ3v) is 9.35. The summed E-state index contributed by atoms with van der Waals surface area (Å²) in [7, 11) is -7.72. The van der Waals surface area contributed by atoms with E-state index in [0.29, 0.717) is 31.0 Å². The Balaban J connectivity index is 2.23. The van der Waals surface area contributed by atoms with E-state index in [2.05, 4.69) is 15.9 Å². The number of aliphatic hydroxyl groups excluding tert-OH is 1. The Labute approximate surface area is 141 Å². The zero-order chi connectivity index (χ0) is 16.5. The van der Waals surface area contributed by atoms with E-state index < -0.39 is 20.0 Å². The molecule has 22 heavy (non-hydrogen) atoms. The van der Waals surface area contributed by atoms with Crippen LogP contribution in [0.15, 0.2) is 19.0 Å². The van der Waals surface area contributed by atoms with Crippen molar-refractivity contribution < 1.29 is 21.9 Å². The van der Waals surface area contributed by atoms with Crippen LogP contribution in [0, 0.1) is 0 Å². The van der Waals surface area contributed by atoms with Crippen LogP contribution in [-0.4, -0.2) is 70.5 Å². The first kappa shape index (κ1) is 18.3. The number of nitrogens with two attached hydrogens (primary N) is 1. The van der Waals surface area contributed by atoms with Crippen LogP contribution in [0.5, 0.6) is 0 Å². The van der Waals surface area contributed by atoms with Crippen molar-refractivity contribution in [1.29, 1.82) is 0 Å². The first-order chi connectivity index (χ1) is 10.2. The largest absolute Gasteiger partial charge is 0.395 e. The van der Waals surface area contributed by atoms with Crippen molar-refractivity contribution in [2.75, 3.05) is 39.3 Å². The van der Waals surface area contributed by atoms with E-state index in [9.17, 15) is 16.8 Å². The van der Waals surface area contributed by atoms with Gasteiger partial charge in [-0.05, 0) is 22.0 Å². The number of primary sulfonamides is 1. The molecule has 0 amide bonds. The Bertz CT molecular complexity index is 738. The number of β-amino-alcohol motifs (C(OH)–C–C–N with tert-alkyl or cyclic N) is 1. The van der Waals surface area contributed by atoms with Gasteiger partial charge in [0, 0.05) is 37.2 Å². The SMILES string of the molecule is NS(=O)(=O)c1cc(Br)c(S(=O)(=O)N2CCN(CCO)CC2)s1. The molecule has 0 bridgehead atoms. The summed E-state index contributed by atoms with van der Waals surface area (Å²) in [6.45, 7) is 2.15. The van der Waals surface area contributed by atoms with E-state index in [-0.39, 0.29) is 32.6 Å². The smallest absolute Gasteiger partial charge is 0.253 e. The molecule has 0 saturated carbocycles. The number of rotatable bonds is 5. The lowest BCUT2D eigenvalue weighted by Gasteiger charge is -2.33. The Morgan fingerprint density at radius 1 is 1.23 bits per heavy atom. The summed E-state index contributed by atoms with van der Waals surface area (Å²) < 4.78 is 49.2. The summed E-state index contributed by atoms with van der Waals surface area (Å²) in [6.07, 6.45) is 0. The molecule has 3 N–H and O–H groups in total. The molecule has 8 nitrogen and oxygen atoms in total. The van der Waals surface area contributed by atoms with Gasteiger partial charge in [-0.15, -0.1) is 11.3 Å². The quantitative estimate of drug-likeness (QED) is 0.642. The van der Waals surface area contributed by atoms with Gasteiger partial charge in [-0.2, -0.15) is 4.31 Å². The van der Waals surface area contributed by atoms with Crippen molar-refractivity contribution in [2.45, 2.75) is 8.42 Å². The standard InChI is InChI=1S/C10H16BrN3O5S3/c11-8-7-9(21(12,16)17)20-10(8)22(18,19)14-3-1-13(2-4-14)5-6-15/h7,15H,1-6H2,(H2,12,16,17). The van der Waals surface area contributed by atoms with E-state index in [1.807, 2.05) is 4.90 Å². The van der Waals surface area contributed by atoms with Gasteiger partial charge in [0.2, 0.25) is 10.0 Å². The zero-order valence-electron chi connectivity index (χ0n) is 11.5. The van der Waals surface area contributed by atoms with Crippen LogP contribution in [0.1, 0.15) is 0 Å². The van der Waals surface area contributed by atoms with Crippen molar-refractivity contribution >= 4 is 47.3 Å².